The molecule has 2 heteroatoms. The summed E-state index contributed by atoms with van der Waals surface area (Å²) in [6.07, 6.45) is -1.18. The Hall–Kier alpha value is -0.140. The normalized spacial score (nSPS) is 49.2. The molecule has 1 aliphatic rings. The van der Waals surface area contributed by atoms with E-state index in [2.05, 4.69) is 0 Å². The number of rotatable bonds is 0. The van der Waals surface area contributed by atoms with Crippen LogP contribution in [0.1, 0.15) is 26.7 Å². The Morgan fingerprint density at radius 3 is 2.20 bits per heavy atom. The molecule has 0 aromatic rings. The van der Waals surface area contributed by atoms with Gasteiger partial charge in [0.05, 0.1) is 0 Å². The Bertz CT molecular complexity index is 102. The van der Waals surface area contributed by atoms with Crippen LogP contribution in [0.25, 0.3) is 0 Å². The van der Waals surface area contributed by atoms with Gasteiger partial charge in [-0.1, -0.05) is 13.8 Å². The van der Waals surface area contributed by atoms with Crippen LogP contribution in [0.5, 0.6) is 0 Å². The van der Waals surface area contributed by atoms with E-state index in [4.69, 9.17) is 0 Å². The maximum absolute atomic E-state index is 12.8. The van der Waals surface area contributed by atoms with Crippen LogP contribution in [0.4, 0.5) is 8.78 Å². The minimum absolute atomic E-state index is 0.0845. The Labute approximate surface area is 60.6 Å². The number of hydrogen-bond acceptors (Lipinski definition) is 0. The fraction of sp³-hybridized carbons (Fsp3) is 1.00. The molecule has 0 saturated heterocycles. The van der Waals surface area contributed by atoms with E-state index >= 15 is 0 Å². The minimum atomic E-state index is -1.21. The molecule has 0 N–H and O–H groups in total. The molecule has 0 aliphatic heterocycles. The lowest BCUT2D eigenvalue weighted by Gasteiger charge is -2.30. The molecule has 1 rings (SSSR count). The second kappa shape index (κ2) is 2.85. The van der Waals surface area contributed by atoms with E-state index in [9.17, 15) is 8.78 Å². The van der Waals surface area contributed by atoms with Gasteiger partial charge in [-0.05, 0) is 24.7 Å². The molecule has 0 bridgehead atoms. The van der Waals surface area contributed by atoms with Gasteiger partial charge in [0, 0.05) is 0 Å². The summed E-state index contributed by atoms with van der Waals surface area (Å²) < 4.78 is 25.5. The van der Waals surface area contributed by atoms with E-state index in [-0.39, 0.29) is 5.92 Å². The van der Waals surface area contributed by atoms with Crippen LogP contribution in [0.2, 0.25) is 0 Å². The number of halogens is 2. The van der Waals surface area contributed by atoms with Crippen molar-refractivity contribution in [3.63, 3.8) is 0 Å². The van der Waals surface area contributed by atoms with Gasteiger partial charge in [0.15, 0.2) is 0 Å². The van der Waals surface area contributed by atoms with Crippen LogP contribution in [0.15, 0.2) is 0 Å². The molecule has 1 fully saturated rings. The predicted molar refractivity (Wildman–Crippen MR) is 37.4 cm³/mol. The lowest BCUT2D eigenvalue weighted by Crippen LogP contribution is -2.33. The zero-order chi connectivity index (χ0) is 7.72. The molecule has 1 aliphatic carbocycles. The van der Waals surface area contributed by atoms with Crippen LogP contribution in [-0.2, 0) is 0 Å². The molecule has 0 heterocycles. The molecular weight excluding hydrogens is 134 g/mol. The maximum Gasteiger partial charge on any atom is 0.134 e. The fourth-order valence-electron chi connectivity index (χ4n) is 1.73. The van der Waals surface area contributed by atoms with Gasteiger partial charge >= 0.3 is 0 Å². The summed E-state index contributed by atoms with van der Waals surface area (Å²) in [6, 6.07) is 0. The highest BCUT2D eigenvalue weighted by Gasteiger charge is 2.33. The van der Waals surface area contributed by atoms with Crippen LogP contribution >= 0.6 is 0 Å². The monoisotopic (exact) mass is 148 g/mol. The van der Waals surface area contributed by atoms with Crippen molar-refractivity contribution in [2.45, 2.75) is 39.0 Å². The molecule has 0 amide bonds. The molecule has 4 unspecified atom stereocenters. The second-order valence-corrected chi connectivity index (χ2v) is 3.51. The van der Waals surface area contributed by atoms with Crippen molar-refractivity contribution in [2.24, 2.45) is 11.8 Å². The average molecular weight is 148 g/mol. The third-order valence-corrected chi connectivity index (χ3v) is 2.29. The van der Waals surface area contributed by atoms with Gasteiger partial charge in [0.25, 0.3) is 0 Å². The van der Waals surface area contributed by atoms with Gasteiger partial charge < -0.3 is 0 Å². The van der Waals surface area contributed by atoms with E-state index in [1.807, 2.05) is 6.92 Å². The van der Waals surface area contributed by atoms with E-state index in [0.717, 1.165) is 6.42 Å². The highest BCUT2D eigenvalue weighted by Crippen LogP contribution is 2.32. The molecular formula is C8H14F2. The molecule has 0 radical (unpaired) electrons. The lowest BCUT2D eigenvalue weighted by atomic mass is 9.81. The van der Waals surface area contributed by atoms with Crippen molar-refractivity contribution in [3.05, 3.63) is 0 Å². The van der Waals surface area contributed by atoms with E-state index < -0.39 is 12.3 Å². The molecule has 0 aromatic heterocycles. The summed E-state index contributed by atoms with van der Waals surface area (Å²) >= 11 is 0. The average Bonchev–Trinajstić information content (AvgIpc) is 1.82. The molecule has 0 nitrogen and oxygen atoms in total. The van der Waals surface area contributed by atoms with Crippen LogP contribution in [0, 0.1) is 11.8 Å². The molecule has 4 atom stereocenters. The summed E-state index contributed by atoms with van der Waals surface area (Å²) in [4.78, 5) is 0. The first-order valence-electron chi connectivity index (χ1n) is 3.89. The maximum atomic E-state index is 12.8. The van der Waals surface area contributed by atoms with E-state index in [0.29, 0.717) is 12.3 Å². The van der Waals surface area contributed by atoms with Gasteiger partial charge in [-0.2, -0.15) is 0 Å². The summed E-state index contributed by atoms with van der Waals surface area (Å²) in [5.41, 5.74) is 0. The van der Waals surface area contributed by atoms with Crippen molar-refractivity contribution in [1.82, 2.24) is 0 Å². The number of alkyl halides is 2. The Balaban J connectivity index is 2.49. The molecule has 1 saturated carbocycles. The zero-order valence-electron chi connectivity index (χ0n) is 6.48. The van der Waals surface area contributed by atoms with Gasteiger partial charge in [0.1, 0.15) is 12.3 Å². The van der Waals surface area contributed by atoms with Gasteiger partial charge in [-0.15, -0.1) is 0 Å². The standard InChI is InChI=1S/C8H14F2/c1-5-3-6(2)8(10)7(9)4-5/h5-8H,3-4H2,1-2H3. The van der Waals surface area contributed by atoms with Crippen molar-refractivity contribution in [1.29, 1.82) is 0 Å². The first-order valence-corrected chi connectivity index (χ1v) is 3.89. The Kier molecular flexibility index (Phi) is 2.27. The summed E-state index contributed by atoms with van der Waals surface area (Å²) in [7, 11) is 0. The first kappa shape index (κ1) is 7.96. The third kappa shape index (κ3) is 1.47. The van der Waals surface area contributed by atoms with Crippen LogP contribution < -0.4 is 0 Å². The Morgan fingerprint density at radius 1 is 1.10 bits per heavy atom. The summed E-state index contributed by atoms with van der Waals surface area (Å²) in [5.74, 6) is 0.274. The van der Waals surface area contributed by atoms with Crippen LogP contribution in [-0.4, -0.2) is 12.3 Å². The minimum Gasteiger partial charge on any atom is -0.244 e. The zero-order valence-corrected chi connectivity index (χ0v) is 6.48. The van der Waals surface area contributed by atoms with Gasteiger partial charge in [0.2, 0.25) is 0 Å². The van der Waals surface area contributed by atoms with Crippen molar-refractivity contribution in [2.75, 3.05) is 0 Å². The largest absolute Gasteiger partial charge is 0.244 e. The Morgan fingerprint density at radius 2 is 1.70 bits per heavy atom. The lowest BCUT2D eigenvalue weighted by molar-refractivity contribution is 0.0509. The molecule has 0 aromatic carbocycles. The SMILES string of the molecule is CC1CC(C)C(F)C(F)C1. The fourth-order valence-corrected chi connectivity index (χ4v) is 1.73. The van der Waals surface area contributed by atoms with Crippen molar-refractivity contribution < 1.29 is 8.78 Å². The van der Waals surface area contributed by atoms with Crippen molar-refractivity contribution >= 4 is 0 Å². The van der Waals surface area contributed by atoms with Gasteiger partial charge in [-0.25, -0.2) is 8.78 Å². The summed E-state index contributed by atoms with van der Waals surface area (Å²) in [6.45, 7) is 3.77. The second-order valence-electron chi connectivity index (χ2n) is 3.51. The van der Waals surface area contributed by atoms with Crippen LogP contribution in [0.3, 0.4) is 0 Å². The van der Waals surface area contributed by atoms with E-state index in [1.165, 1.54) is 0 Å². The topological polar surface area (TPSA) is 0 Å². The first-order chi connectivity index (χ1) is 4.61. The predicted octanol–water partition coefficient (Wildman–Crippen LogP) is 2.73. The highest BCUT2D eigenvalue weighted by atomic mass is 19.2. The molecule has 60 valence electrons. The third-order valence-electron chi connectivity index (χ3n) is 2.29. The smallest absolute Gasteiger partial charge is 0.134 e. The molecule has 10 heavy (non-hydrogen) atoms. The number of hydrogen-bond donors (Lipinski definition) is 0. The van der Waals surface area contributed by atoms with E-state index in [1.54, 1.807) is 6.92 Å². The van der Waals surface area contributed by atoms with Gasteiger partial charge in [-0.3, -0.25) is 0 Å². The highest BCUT2D eigenvalue weighted by molar-refractivity contribution is 4.82. The van der Waals surface area contributed by atoms with Crippen molar-refractivity contribution in [3.8, 4) is 0 Å². The summed E-state index contributed by atoms with van der Waals surface area (Å²) in [5, 5.41) is 0. The quantitative estimate of drug-likeness (QED) is 0.495. The molecule has 0 spiro atoms.